The highest BCUT2D eigenvalue weighted by atomic mass is 35.5. The number of hydrogen-bond donors (Lipinski definition) is 1. The number of fused-ring (bicyclic) bond motifs is 1. The molecule has 3 rings (SSSR count). The number of benzene rings is 2. The summed E-state index contributed by atoms with van der Waals surface area (Å²) in [7, 11) is 1.92. The Morgan fingerprint density at radius 1 is 1.12 bits per heavy atom. The van der Waals surface area contributed by atoms with Gasteiger partial charge in [0.25, 0.3) is 0 Å². The van der Waals surface area contributed by atoms with Crippen molar-refractivity contribution < 1.29 is 4.79 Å². The van der Waals surface area contributed by atoms with Crippen LogP contribution < -0.4 is 0 Å². The van der Waals surface area contributed by atoms with Crippen LogP contribution in [0.15, 0.2) is 42.5 Å². The van der Waals surface area contributed by atoms with E-state index in [0.29, 0.717) is 23.1 Å². The maximum Gasteiger partial charge on any atom is 0.179 e. The molecule has 0 fully saturated rings. The molecule has 5 heteroatoms. The first kappa shape index (κ1) is 17.0. The van der Waals surface area contributed by atoms with Crippen LogP contribution in [-0.2, 0) is 6.54 Å². The van der Waals surface area contributed by atoms with Gasteiger partial charge in [0.2, 0.25) is 0 Å². The van der Waals surface area contributed by atoms with Crippen LogP contribution >= 0.6 is 23.2 Å². The highest BCUT2D eigenvalue weighted by Gasteiger charge is 2.17. The van der Waals surface area contributed by atoms with E-state index >= 15 is 0 Å². The molecule has 3 nitrogen and oxygen atoms in total. The average Bonchev–Trinajstić information content (AvgIpc) is 2.86. The summed E-state index contributed by atoms with van der Waals surface area (Å²) in [6.07, 6.45) is 0. The van der Waals surface area contributed by atoms with Gasteiger partial charge in [0.05, 0.1) is 16.6 Å². The van der Waals surface area contributed by atoms with Crippen molar-refractivity contribution >= 4 is 39.9 Å². The lowest BCUT2D eigenvalue weighted by molar-refractivity contribution is 0.0944. The quantitative estimate of drug-likeness (QED) is 0.642. The zero-order valence-electron chi connectivity index (χ0n) is 13.6. The Kier molecular flexibility index (Phi) is 4.95. The van der Waals surface area contributed by atoms with E-state index in [1.54, 1.807) is 6.07 Å². The van der Waals surface area contributed by atoms with Gasteiger partial charge in [-0.2, -0.15) is 0 Å². The van der Waals surface area contributed by atoms with Crippen LogP contribution in [0, 0.1) is 6.92 Å². The van der Waals surface area contributed by atoms with Crippen LogP contribution in [0.2, 0.25) is 10.0 Å². The number of nitrogens with zero attached hydrogens (tertiary/aromatic N) is 1. The van der Waals surface area contributed by atoms with E-state index in [1.807, 2.05) is 55.3 Å². The molecule has 1 N–H and O–H groups in total. The van der Waals surface area contributed by atoms with Gasteiger partial charge >= 0.3 is 0 Å². The van der Waals surface area contributed by atoms with Crippen LogP contribution in [0.25, 0.3) is 10.9 Å². The highest BCUT2D eigenvalue weighted by Crippen LogP contribution is 2.24. The number of carbonyl (C=O) groups is 1. The van der Waals surface area contributed by atoms with E-state index in [0.717, 1.165) is 27.7 Å². The van der Waals surface area contributed by atoms with Gasteiger partial charge in [-0.3, -0.25) is 9.69 Å². The zero-order valence-corrected chi connectivity index (χ0v) is 15.1. The molecule has 124 valence electrons. The van der Waals surface area contributed by atoms with Crippen LogP contribution in [0.4, 0.5) is 0 Å². The molecule has 0 amide bonds. The van der Waals surface area contributed by atoms with E-state index in [1.165, 1.54) is 0 Å². The van der Waals surface area contributed by atoms with Gasteiger partial charge in [-0.25, -0.2) is 0 Å². The standard InChI is InChI=1S/C19H18Cl2N2O/c1-12-19(14-5-3-4-6-17(14)22-12)18(24)11-23(2)10-13-7-8-15(20)16(21)9-13/h3-9,22H,10-11H2,1-2H3. The average molecular weight is 361 g/mol. The summed E-state index contributed by atoms with van der Waals surface area (Å²) in [5.41, 5.74) is 3.69. The van der Waals surface area contributed by atoms with Gasteiger partial charge in [-0.15, -0.1) is 0 Å². The number of ketones is 1. The van der Waals surface area contributed by atoms with Crippen LogP contribution in [0.5, 0.6) is 0 Å². The molecule has 0 bridgehead atoms. The molecule has 0 spiro atoms. The summed E-state index contributed by atoms with van der Waals surface area (Å²) >= 11 is 12.0. The minimum absolute atomic E-state index is 0.104. The summed E-state index contributed by atoms with van der Waals surface area (Å²) in [6, 6.07) is 13.4. The molecule has 0 saturated carbocycles. The molecule has 0 atom stereocenters. The lowest BCUT2D eigenvalue weighted by Gasteiger charge is -2.16. The predicted molar refractivity (Wildman–Crippen MR) is 100 cm³/mol. The Labute approximate surface area is 151 Å². The number of nitrogens with one attached hydrogen (secondary N) is 1. The fourth-order valence-corrected chi connectivity index (χ4v) is 3.29. The molecule has 0 aliphatic heterocycles. The predicted octanol–water partition coefficient (Wildman–Crippen LogP) is 5.10. The largest absolute Gasteiger partial charge is 0.358 e. The summed E-state index contributed by atoms with van der Waals surface area (Å²) in [5, 5.41) is 2.04. The first-order chi connectivity index (χ1) is 11.5. The van der Waals surface area contributed by atoms with Crippen LogP contribution in [-0.4, -0.2) is 29.3 Å². The fourth-order valence-electron chi connectivity index (χ4n) is 2.97. The first-order valence-electron chi connectivity index (χ1n) is 7.68. The van der Waals surface area contributed by atoms with Crippen molar-refractivity contribution in [1.29, 1.82) is 0 Å². The van der Waals surface area contributed by atoms with Gasteiger partial charge in [-0.1, -0.05) is 47.5 Å². The third kappa shape index (κ3) is 3.48. The number of H-pyrrole nitrogens is 1. The first-order valence-corrected chi connectivity index (χ1v) is 8.44. The number of aromatic nitrogens is 1. The summed E-state index contributed by atoms with van der Waals surface area (Å²) in [5.74, 6) is 0.104. The SMILES string of the molecule is Cc1[nH]c2ccccc2c1C(=O)CN(C)Cc1ccc(Cl)c(Cl)c1. The van der Waals surface area contributed by atoms with Crippen LogP contribution in [0.1, 0.15) is 21.6 Å². The molecule has 2 aromatic carbocycles. The minimum Gasteiger partial charge on any atom is -0.358 e. The van der Waals surface area contributed by atoms with E-state index in [2.05, 4.69) is 4.98 Å². The third-order valence-corrected chi connectivity index (χ3v) is 4.76. The number of halogens is 2. The number of para-hydroxylation sites is 1. The number of carbonyl (C=O) groups excluding carboxylic acids is 1. The molecule has 1 aromatic heterocycles. The second-order valence-corrected chi connectivity index (χ2v) is 6.83. The maximum atomic E-state index is 12.8. The molecular weight excluding hydrogens is 343 g/mol. The van der Waals surface area contributed by atoms with Crippen molar-refractivity contribution in [3.05, 3.63) is 69.3 Å². The molecule has 0 unspecified atom stereocenters. The molecule has 0 radical (unpaired) electrons. The van der Waals surface area contributed by atoms with Gasteiger partial charge in [0, 0.05) is 28.7 Å². The van der Waals surface area contributed by atoms with Crippen molar-refractivity contribution in [2.75, 3.05) is 13.6 Å². The molecule has 0 aliphatic carbocycles. The topological polar surface area (TPSA) is 36.1 Å². The number of aromatic amines is 1. The van der Waals surface area contributed by atoms with E-state index in [-0.39, 0.29) is 5.78 Å². The van der Waals surface area contributed by atoms with Crippen LogP contribution in [0.3, 0.4) is 0 Å². The molecule has 24 heavy (non-hydrogen) atoms. The number of rotatable bonds is 5. The second-order valence-electron chi connectivity index (χ2n) is 6.01. The smallest absolute Gasteiger partial charge is 0.179 e. The zero-order chi connectivity index (χ0) is 17.3. The number of likely N-dealkylation sites (N-methyl/N-ethyl adjacent to an activating group) is 1. The Morgan fingerprint density at radius 3 is 2.62 bits per heavy atom. The minimum atomic E-state index is 0.104. The Balaban J connectivity index is 1.76. The van der Waals surface area contributed by atoms with Crippen molar-refractivity contribution in [1.82, 2.24) is 9.88 Å². The number of hydrogen-bond acceptors (Lipinski definition) is 2. The van der Waals surface area contributed by atoms with E-state index < -0.39 is 0 Å². The molecule has 0 saturated heterocycles. The second kappa shape index (κ2) is 6.98. The van der Waals surface area contributed by atoms with Crippen molar-refractivity contribution in [3.63, 3.8) is 0 Å². The monoisotopic (exact) mass is 360 g/mol. The van der Waals surface area contributed by atoms with Gasteiger partial charge in [0.1, 0.15) is 0 Å². The van der Waals surface area contributed by atoms with Gasteiger partial charge in [-0.05, 0) is 37.7 Å². The maximum absolute atomic E-state index is 12.8. The highest BCUT2D eigenvalue weighted by molar-refractivity contribution is 6.42. The van der Waals surface area contributed by atoms with E-state index in [4.69, 9.17) is 23.2 Å². The molecule has 0 aliphatic rings. The summed E-state index contributed by atoms with van der Waals surface area (Å²) < 4.78 is 0. The lowest BCUT2D eigenvalue weighted by Crippen LogP contribution is -2.25. The van der Waals surface area contributed by atoms with Crippen molar-refractivity contribution in [2.24, 2.45) is 0 Å². The molecule has 3 aromatic rings. The number of Topliss-reactive ketones (excluding diaryl/α,β-unsaturated/α-hetero) is 1. The van der Waals surface area contributed by atoms with Gasteiger partial charge < -0.3 is 4.98 Å². The van der Waals surface area contributed by atoms with Crippen molar-refractivity contribution in [3.8, 4) is 0 Å². The lowest BCUT2D eigenvalue weighted by atomic mass is 10.1. The Hall–Kier alpha value is -1.81. The Bertz CT molecular complexity index is 902. The number of aryl methyl sites for hydroxylation is 1. The Morgan fingerprint density at radius 2 is 1.88 bits per heavy atom. The normalized spacial score (nSPS) is 11.4. The fraction of sp³-hybridized carbons (Fsp3) is 0.211. The summed E-state index contributed by atoms with van der Waals surface area (Å²) in [4.78, 5) is 18.0. The van der Waals surface area contributed by atoms with Gasteiger partial charge in [0.15, 0.2) is 5.78 Å². The molecule has 1 heterocycles. The van der Waals surface area contributed by atoms with E-state index in [9.17, 15) is 4.79 Å². The van der Waals surface area contributed by atoms with Crippen molar-refractivity contribution in [2.45, 2.75) is 13.5 Å². The third-order valence-electron chi connectivity index (χ3n) is 4.02. The summed E-state index contributed by atoms with van der Waals surface area (Å²) in [6.45, 7) is 2.90. The molecular formula is C19H18Cl2N2O.